The molecule has 1 aromatic heterocycles. The van der Waals surface area contributed by atoms with Crippen LogP contribution in [0.3, 0.4) is 0 Å². The van der Waals surface area contributed by atoms with Crippen LogP contribution < -0.4 is 4.72 Å². The van der Waals surface area contributed by atoms with E-state index < -0.39 is 32.2 Å². The fourth-order valence-corrected chi connectivity index (χ4v) is 3.11. The van der Waals surface area contributed by atoms with Crippen molar-refractivity contribution in [3.05, 3.63) is 11.4 Å². The summed E-state index contributed by atoms with van der Waals surface area (Å²) in [5, 5.41) is 24.7. The van der Waals surface area contributed by atoms with Gasteiger partial charge in [0.1, 0.15) is 4.90 Å². The van der Waals surface area contributed by atoms with Gasteiger partial charge in [0.25, 0.3) is 0 Å². The minimum absolute atomic E-state index is 0.108. The highest BCUT2D eigenvalue weighted by Crippen LogP contribution is 2.18. The van der Waals surface area contributed by atoms with Gasteiger partial charge in [0, 0.05) is 26.7 Å². The van der Waals surface area contributed by atoms with Crippen molar-refractivity contribution < 1.29 is 28.2 Å². The summed E-state index contributed by atoms with van der Waals surface area (Å²) in [6.45, 7) is 2.84. The smallest absolute Gasteiger partial charge is 0.357 e. The zero-order chi connectivity index (χ0) is 16.3. The van der Waals surface area contributed by atoms with E-state index in [1.165, 1.54) is 21.0 Å². The van der Waals surface area contributed by atoms with Gasteiger partial charge in [-0.1, -0.05) is 0 Å². The van der Waals surface area contributed by atoms with Crippen molar-refractivity contribution in [1.82, 2.24) is 14.9 Å². The first-order chi connectivity index (χ1) is 9.60. The molecule has 0 saturated carbocycles. The number of hydrogen-bond acceptors (Lipinski definition) is 6. The summed E-state index contributed by atoms with van der Waals surface area (Å²) in [5.41, 5.74) is -1.79. The van der Waals surface area contributed by atoms with E-state index in [0.717, 1.165) is 0 Å². The molecule has 4 N–H and O–H groups in total. The molecule has 0 fully saturated rings. The first-order valence-electron chi connectivity index (χ1n) is 6.10. The number of nitrogens with one attached hydrogen (secondary N) is 2. The number of aromatic amines is 1. The van der Waals surface area contributed by atoms with Crippen molar-refractivity contribution in [3.63, 3.8) is 0 Å². The fourth-order valence-electron chi connectivity index (χ4n) is 1.63. The Morgan fingerprint density at radius 3 is 2.67 bits per heavy atom. The van der Waals surface area contributed by atoms with Gasteiger partial charge in [-0.3, -0.25) is 5.10 Å². The van der Waals surface area contributed by atoms with E-state index in [0.29, 0.717) is 0 Å². The van der Waals surface area contributed by atoms with E-state index in [2.05, 4.69) is 14.9 Å². The van der Waals surface area contributed by atoms with E-state index in [1.807, 2.05) is 0 Å². The van der Waals surface area contributed by atoms with Gasteiger partial charge in [-0.2, -0.15) is 5.10 Å². The number of carboxylic acid groups (broad SMARTS) is 1. The number of carbonyl (C=O) groups is 1. The van der Waals surface area contributed by atoms with Crippen molar-refractivity contribution in [2.45, 2.75) is 30.8 Å². The van der Waals surface area contributed by atoms with E-state index in [9.17, 15) is 18.3 Å². The van der Waals surface area contributed by atoms with Gasteiger partial charge < -0.3 is 14.9 Å². The molecule has 0 aliphatic heterocycles. The number of nitrogens with zero attached hydrogens (tertiary/aromatic N) is 1. The molecule has 0 saturated heterocycles. The lowest BCUT2D eigenvalue weighted by Crippen LogP contribution is -2.41. The van der Waals surface area contributed by atoms with Crippen LogP contribution in [0.15, 0.2) is 4.90 Å². The maximum absolute atomic E-state index is 12.2. The molecule has 10 heteroatoms. The number of aliphatic hydroxyl groups is 1. The normalized spacial score (nSPS) is 14.9. The highest BCUT2D eigenvalue weighted by molar-refractivity contribution is 7.89. The van der Waals surface area contributed by atoms with Crippen molar-refractivity contribution in [2.75, 3.05) is 20.3 Å². The number of aryl methyl sites for hydroxylation is 1. The number of methoxy groups -OCH3 is 1. The third-order valence-electron chi connectivity index (χ3n) is 2.85. The summed E-state index contributed by atoms with van der Waals surface area (Å²) in [6.07, 6.45) is 0.224. The monoisotopic (exact) mass is 321 g/mol. The number of carboxylic acids is 1. The molecule has 0 amide bonds. The van der Waals surface area contributed by atoms with Crippen LogP contribution in [0.25, 0.3) is 0 Å². The third-order valence-corrected chi connectivity index (χ3v) is 4.41. The number of ether oxygens (including phenoxy) is 1. The van der Waals surface area contributed by atoms with E-state index >= 15 is 0 Å². The van der Waals surface area contributed by atoms with E-state index in [-0.39, 0.29) is 25.3 Å². The lowest BCUT2D eigenvalue weighted by atomic mass is 10.0. The lowest BCUT2D eigenvalue weighted by molar-refractivity contribution is 0.0292. The number of aromatic carboxylic acids is 1. The predicted molar refractivity (Wildman–Crippen MR) is 72.6 cm³/mol. The van der Waals surface area contributed by atoms with Crippen LogP contribution in [0, 0.1) is 6.92 Å². The van der Waals surface area contributed by atoms with Gasteiger partial charge in [-0.15, -0.1) is 0 Å². The first-order valence-corrected chi connectivity index (χ1v) is 7.58. The van der Waals surface area contributed by atoms with E-state index in [4.69, 9.17) is 9.84 Å². The molecular weight excluding hydrogens is 302 g/mol. The van der Waals surface area contributed by atoms with Crippen molar-refractivity contribution >= 4 is 16.0 Å². The number of aromatic nitrogens is 2. The highest BCUT2D eigenvalue weighted by Gasteiger charge is 2.30. The van der Waals surface area contributed by atoms with Crippen LogP contribution in [0.5, 0.6) is 0 Å². The second-order valence-corrected chi connectivity index (χ2v) is 6.60. The van der Waals surface area contributed by atoms with Gasteiger partial charge in [0.2, 0.25) is 10.0 Å². The Bertz CT molecular complexity index is 607. The average Bonchev–Trinajstić information content (AvgIpc) is 2.77. The van der Waals surface area contributed by atoms with Gasteiger partial charge in [-0.25, -0.2) is 17.9 Å². The largest absolute Gasteiger partial charge is 0.476 e. The maximum atomic E-state index is 12.2. The van der Waals surface area contributed by atoms with Crippen molar-refractivity contribution in [1.29, 1.82) is 0 Å². The zero-order valence-electron chi connectivity index (χ0n) is 12.0. The summed E-state index contributed by atoms with van der Waals surface area (Å²) >= 11 is 0. The van der Waals surface area contributed by atoms with Crippen LogP contribution >= 0.6 is 0 Å². The topological polar surface area (TPSA) is 142 Å². The second kappa shape index (κ2) is 6.52. The summed E-state index contributed by atoms with van der Waals surface area (Å²) < 4.78 is 31.4. The minimum Gasteiger partial charge on any atom is -0.476 e. The number of hydrogen-bond donors (Lipinski definition) is 4. The van der Waals surface area contributed by atoms with Gasteiger partial charge in [0.15, 0.2) is 5.69 Å². The Morgan fingerprint density at radius 2 is 2.14 bits per heavy atom. The molecule has 0 bridgehead atoms. The molecule has 1 unspecified atom stereocenters. The Hall–Kier alpha value is -1.49. The van der Waals surface area contributed by atoms with E-state index in [1.54, 1.807) is 0 Å². The molecule has 21 heavy (non-hydrogen) atoms. The molecular formula is C11H19N3O6S. The summed E-state index contributed by atoms with van der Waals surface area (Å²) in [6, 6.07) is 0. The molecule has 120 valence electrons. The molecule has 0 aromatic carbocycles. The molecule has 0 aliphatic rings. The fraction of sp³-hybridized carbons (Fsp3) is 0.636. The molecule has 1 aromatic rings. The Balaban J connectivity index is 2.93. The summed E-state index contributed by atoms with van der Waals surface area (Å²) in [5.74, 6) is -1.45. The van der Waals surface area contributed by atoms with Crippen molar-refractivity contribution in [2.24, 2.45) is 0 Å². The van der Waals surface area contributed by atoms with Crippen LogP contribution in [0.1, 0.15) is 29.5 Å². The van der Waals surface area contributed by atoms with Crippen molar-refractivity contribution in [3.8, 4) is 0 Å². The minimum atomic E-state index is -4.11. The number of H-pyrrole nitrogens is 1. The van der Waals surface area contributed by atoms with Crippen LogP contribution in [-0.4, -0.2) is 60.7 Å². The molecule has 0 radical (unpaired) electrons. The number of sulfonamides is 1. The van der Waals surface area contributed by atoms with Crippen LogP contribution in [0.2, 0.25) is 0 Å². The Kier molecular flexibility index (Phi) is 5.45. The van der Waals surface area contributed by atoms with Crippen LogP contribution in [0.4, 0.5) is 0 Å². The summed E-state index contributed by atoms with van der Waals surface area (Å²) in [7, 11) is -2.64. The van der Waals surface area contributed by atoms with Gasteiger partial charge in [-0.05, 0) is 13.8 Å². The Labute approximate surface area is 122 Å². The molecule has 0 aliphatic carbocycles. The molecule has 1 heterocycles. The highest BCUT2D eigenvalue weighted by atomic mass is 32.2. The van der Waals surface area contributed by atoms with Gasteiger partial charge in [0.05, 0.1) is 11.3 Å². The average molecular weight is 321 g/mol. The predicted octanol–water partition coefficient (Wildman–Crippen LogP) is -0.518. The third kappa shape index (κ3) is 4.49. The standard InChI is InChI=1S/C11H19N3O6S/c1-7-9(8(10(15)16)14-13-7)21(18,19)12-6-11(2,17)4-5-20-3/h12,17H,4-6H2,1-3H3,(H,13,14)(H,15,16). The molecule has 0 spiro atoms. The quantitative estimate of drug-likeness (QED) is 0.505. The SMILES string of the molecule is COCCC(C)(O)CNS(=O)(=O)c1c(C(=O)O)n[nH]c1C. The second-order valence-electron chi connectivity index (χ2n) is 4.90. The number of rotatable bonds is 8. The summed E-state index contributed by atoms with van der Waals surface area (Å²) in [4.78, 5) is 10.6. The first kappa shape index (κ1) is 17.6. The molecule has 1 rings (SSSR count). The Morgan fingerprint density at radius 1 is 1.52 bits per heavy atom. The lowest BCUT2D eigenvalue weighted by Gasteiger charge is -2.23. The maximum Gasteiger partial charge on any atom is 0.357 e. The molecule has 1 atom stereocenters. The van der Waals surface area contributed by atoms with Crippen LogP contribution in [-0.2, 0) is 14.8 Å². The zero-order valence-corrected chi connectivity index (χ0v) is 12.8. The molecule has 9 nitrogen and oxygen atoms in total. The van der Waals surface area contributed by atoms with Gasteiger partial charge >= 0.3 is 5.97 Å².